The number of hydrogen-bond donors (Lipinski definition) is 0. The summed E-state index contributed by atoms with van der Waals surface area (Å²) in [5, 5.41) is 16.7. The zero-order chi connectivity index (χ0) is 16.1. The number of rotatable bonds is 2. The first-order valence-electron chi connectivity index (χ1n) is 6.66. The molecule has 110 valence electrons. The van der Waals surface area contributed by atoms with E-state index in [1.807, 2.05) is 18.2 Å². The van der Waals surface area contributed by atoms with Crippen molar-refractivity contribution in [3.05, 3.63) is 73.4 Å². The van der Waals surface area contributed by atoms with Crippen LogP contribution >= 0.6 is 0 Å². The Morgan fingerprint density at radius 2 is 1.78 bits per heavy atom. The molecule has 0 radical (unpaired) electrons. The van der Waals surface area contributed by atoms with Crippen molar-refractivity contribution in [1.82, 2.24) is 4.40 Å². The maximum atomic E-state index is 12.7. The van der Waals surface area contributed by atoms with Crippen molar-refractivity contribution in [2.45, 2.75) is 0 Å². The number of pyridine rings is 1. The summed E-state index contributed by atoms with van der Waals surface area (Å²) in [4.78, 5) is 25.9. The van der Waals surface area contributed by atoms with Crippen LogP contribution in [0.2, 0.25) is 0 Å². The van der Waals surface area contributed by atoms with Gasteiger partial charge in [-0.1, -0.05) is 41.5 Å². The van der Waals surface area contributed by atoms with E-state index in [2.05, 4.69) is 10.0 Å². The normalized spacial score (nSPS) is 11.1. The third-order valence-corrected chi connectivity index (χ3v) is 3.91. The summed E-state index contributed by atoms with van der Waals surface area (Å²) in [6, 6.07) is 12.3. The van der Waals surface area contributed by atoms with Crippen molar-refractivity contribution in [3.63, 3.8) is 0 Å². The molecule has 0 saturated carbocycles. The Labute approximate surface area is 127 Å². The number of para-hydroxylation sites is 2. The van der Waals surface area contributed by atoms with Crippen molar-refractivity contribution in [2.24, 2.45) is 5.11 Å². The van der Waals surface area contributed by atoms with Gasteiger partial charge in [0.15, 0.2) is 0 Å². The Bertz CT molecular complexity index is 1220. The van der Waals surface area contributed by atoms with Crippen molar-refractivity contribution in [2.75, 3.05) is 0 Å². The summed E-state index contributed by atoms with van der Waals surface area (Å²) in [6.07, 6.45) is 0. The summed E-state index contributed by atoms with van der Waals surface area (Å²) in [6.45, 7) is 0. The van der Waals surface area contributed by atoms with E-state index >= 15 is 0 Å². The lowest BCUT2D eigenvalue weighted by molar-refractivity contribution is -0.385. The molecule has 0 saturated heterocycles. The number of aromatic nitrogens is 1. The summed E-state index contributed by atoms with van der Waals surface area (Å²) < 4.78 is 1.31. The monoisotopic (exact) mass is 305 g/mol. The highest BCUT2D eigenvalue weighted by atomic mass is 16.6. The third kappa shape index (κ3) is 1.55. The molecular formula is C15H7N5O3. The van der Waals surface area contributed by atoms with Gasteiger partial charge in [-0.15, -0.1) is 0 Å². The fourth-order valence-corrected chi connectivity index (χ4v) is 3.07. The van der Waals surface area contributed by atoms with Gasteiger partial charge in [0.25, 0.3) is 0 Å². The van der Waals surface area contributed by atoms with Gasteiger partial charge < -0.3 is 0 Å². The Hall–Kier alpha value is -3.64. The van der Waals surface area contributed by atoms with Gasteiger partial charge in [0, 0.05) is 21.1 Å². The summed E-state index contributed by atoms with van der Waals surface area (Å²) in [5.41, 5.74) is 8.07. The second-order valence-electron chi connectivity index (χ2n) is 5.00. The SMILES string of the molecule is [N-]=[N+]=Nc1c([N+](=O)[O-])c(=O)n2c3ccccc3c3cccc1c32. The molecule has 23 heavy (non-hydrogen) atoms. The number of hydrogen-bond acceptors (Lipinski definition) is 4. The Kier molecular flexibility index (Phi) is 2.51. The summed E-state index contributed by atoms with van der Waals surface area (Å²) in [5.74, 6) is 0. The Balaban J connectivity index is 2.48. The second-order valence-corrected chi connectivity index (χ2v) is 5.00. The predicted octanol–water partition coefficient (Wildman–Crippen LogP) is 3.89. The van der Waals surface area contributed by atoms with Gasteiger partial charge >= 0.3 is 11.2 Å². The van der Waals surface area contributed by atoms with Gasteiger partial charge in [-0.05, 0) is 11.6 Å². The van der Waals surface area contributed by atoms with Crippen molar-refractivity contribution in [3.8, 4) is 0 Å². The lowest BCUT2D eigenvalue weighted by Gasteiger charge is -2.04. The van der Waals surface area contributed by atoms with Gasteiger partial charge in [-0.3, -0.25) is 19.3 Å². The molecule has 2 heterocycles. The second kappa shape index (κ2) is 4.43. The maximum Gasteiger partial charge on any atom is 0.344 e. The van der Waals surface area contributed by atoms with E-state index < -0.39 is 16.2 Å². The smallest absolute Gasteiger partial charge is 0.270 e. The highest BCUT2D eigenvalue weighted by molar-refractivity contribution is 6.16. The third-order valence-electron chi connectivity index (χ3n) is 3.91. The number of nitro groups is 1. The lowest BCUT2D eigenvalue weighted by atomic mass is 10.1. The Morgan fingerprint density at radius 3 is 2.52 bits per heavy atom. The van der Waals surface area contributed by atoms with Crippen LogP contribution in [0.1, 0.15) is 0 Å². The van der Waals surface area contributed by atoms with E-state index in [9.17, 15) is 14.9 Å². The average Bonchev–Trinajstić information content (AvgIpc) is 2.88. The van der Waals surface area contributed by atoms with Crippen molar-refractivity contribution in [1.29, 1.82) is 0 Å². The van der Waals surface area contributed by atoms with Crippen LogP contribution in [0.3, 0.4) is 0 Å². The molecule has 0 aliphatic carbocycles. The van der Waals surface area contributed by atoms with E-state index in [1.165, 1.54) is 4.40 Å². The molecule has 8 heteroatoms. The molecule has 0 unspecified atom stereocenters. The molecule has 4 rings (SSSR count). The summed E-state index contributed by atoms with van der Waals surface area (Å²) in [7, 11) is 0. The van der Waals surface area contributed by atoms with E-state index in [1.54, 1.807) is 24.3 Å². The molecule has 8 nitrogen and oxygen atoms in total. The van der Waals surface area contributed by atoms with E-state index in [0.717, 1.165) is 10.8 Å². The number of fused-ring (bicyclic) bond motifs is 3. The summed E-state index contributed by atoms with van der Waals surface area (Å²) >= 11 is 0. The van der Waals surface area contributed by atoms with Gasteiger partial charge in [0.1, 0.15) is 5.69 Å². The molecule has 0 atom stereocenters. The van der Waals surface area contributed by atoms with Gasteiger partial charge in [0.05, 0.1) is 16.0 Å². The van der Waals surface area contributed by atoms with Crippen LogP contribution in [-0.2, 0) is 0 Å². The molecule has 0 amide bonds. The number of nitrogens with zero attached hydrogens (tertiary/aromatic N) is 5. The molecule has 0 N–H and O–H groups in total. The van der Waals surface area contributed by atoms with Crippen LogP contribution < -0.4 is 5.56 Å². The van der Waals surface area contributed by atoms with E-state index in [-0.39, 0.29) is 5.69 Å². The van der Waals surface area contributed by atoms with Gasteiger partial charge in [-0.2, -0.15) is 0 Å². The van der Waals surface area contributed by atoms with Crippen LogP contribution in [-0.4, -0.2) is 9.32 Å². The topological polar surface area (TPSA) is 113 Å². The minimum absolute atomic E-state index is 0.247. The van der Waals surface area contributed by atoms with Crippen LogP contribution in [0, 0.1) is 10.1 Å². The molecule has 0 fully saturated rings. The molecule has 4 aromatic rings. The van der Waals surface area contributed by atoms with E-state index in [0.29, 0.717) is 16.4 Å². The number of benzene rings is 2. The standard InChI is InChI=1S/C15H7N5O3/c16-18-17-12-10-6-3-5-9-8-4-1-2-7-11(8)19(13(9)10)15(21)14(12)20(22)23/h1-7H. The molecule has 0 aliphatic rings. The zero-order valence-electron chi connectivity index (χ0n) is 11.5. The van der Waals surface area contributed by atoms with E-state index in [4.69, 9.17) is 5.53 Å². The van der Waals surface area contributed by atoms with Gasteiger partial charge in [0.2, 0.25) is 0 Å². The van der Waals surface area contributed by atoms with Crippen LogP contribution in [0.15, 0.2) is 52.4 Å². The minimum atomic E-state index is -0.803. The molecule has 0 bridgehead atoms. The van der Waals surface area contributed by atoms with Crippen LogP contribution in [0.25, 0.3) is 37.6 Å². The van der Waals surface area contributed by atoms with Crippen molar-refractivity contribution < 1.29 is 4.92 Å². The average molecular weight is 305 g/mol. The highest BCUT2D eigenvalue weighted by Crippen LogP contribution is 2.38. The first-order valence-corrected chi connectivity index (χ1v) is 6.66. The quantitative estimate of drug-likeness (QED) is 0.184. The Morgan fingerprint density at radius 1 is 1.09 bits per heavy atom. The highest BCUT2D eigenvalue weighted by Gasteiger charge is 2.26. The fourth-order valence-electron chi connectivity index (χ4n) is 3.07. The lowest BCUT2D eigenvalue weighted by Crippen LogP contribution is -2.16. The first kappa shape index (κ1) is 13.1. The largest absolute Gasteiger partial charge is 0.344 e. The zero-order valence-corrected chi connectivity index (χ0v) is 11.5. The molecule has 2 aromatic carbocycles. The van der Waals surface area contributed by atoms with Crippen molar-refractivity contribution >= 4 is 38.6 Å². The van der Waals surface area contributed by atoms with Crippen LogP contribution in [0.5, 0.6) is 0 Å². The maximum absolute atomic E-state index is 12.7. The number of azide groups is 1. The molecular weight excluding hydrogens is 298 g/mol. The molecule has 2 aromatic heterocycles. The fraction of sp³-hybridized carbons (Fsp3) is 0. The molecule has 0 spiro atoms. The minimum Gasteiger partial charge on any atom is -0.270 e. The molecule has 0 aliphatic heterocycles. The predicted molar refractivity (Wildman–Crippen MR) is 85.3 cm³/mol. The first-order chi connectivity index (χ1) is 11.1. The van der Waals surface area contributed by atoms with Crippen LogP contribution in [0.4, 0.5) is 11.4 Å². The van der Waals surface area contributed by atoms with Gasteiger partial charge in [-0.25, -0.2) is 0 Å².